The van der Waals surface area contributed by atoms with E-state index in [0.717, 1.165) is 17.7 Å². The lowest BCUT2D eigenvalue weighted by Gasteiger charge is -2.31. The number of nitrogens with two attached hydrogens (primary N) is 1. The predicted octanol–water partition coefficient (Wildman–Crippen LogP) is 1.75. The van der Waals surface area contributed by atoms with Crippen LogP contribution in [0.5, 0.6) is 0 Å². The van der Waals surface area contributed by atoms with Gasteiger partial charge in [-0.25, -0.2) is 26.4 Å². The van der Waals surface area contributed by atoms with Gasteiger partial charge in [-0.2, -0.15) is 4.31 Å². The minimum Gasteiger partial charge on any atom is -0.349 e. The summed E-state index contributed by atoms with van der Waals surface area (Å²) in [7, 11) is -7.52. The highest BCUT2D eigenvalue weighted by Crippen LogP contribution is 2.25. The Kier molecular flexibility index (Phi) is 6.79. The van der Waals surface area contributed by atoms with E-state index < -0.39 is 25.9 Å². The van der Waals surface area contributed by atoms with Gasteiger partial charge < -0.3 is 5.32 Å². The normalized spacial score (nSPS) is 17.3. The van der Waals surface area contributed by atoms with Crippen LogP contribution in [0.3, 0.4) is 0 Å². The molecule has 31 heavy (non-hydrogen) atoms. The number of primary sulfonamides is 1. The number of hydrogen-bond acceptors (Lipinski definition) is 5. The molecule has 3 N–H and O–H groups in total. The smallest absolute Gasteiger partial charge is 0.243 e. The van der Waals surface area contributed by atoms with Crippen LogP contribution in [0.4, 0.5) is 4.39 Å². The number of carbonyl (C=O) groups is 1. The van der Waals surface area contributed by atoms with Crippen molar-refractivity contribution in [1.82, 2.24) is 9.62 Å². The van der Waals surface area contributed by atoms with Crippen LogP contribution in [0.15, 0.2) is 58.3 Å². The van der Waals surface area contributed by atoms with E-state index in [1.807, 2.05) is 0 Å². The van der Waals surface area contributed by atoms with Crippen LogP contribution in [0.25, 0.3) is 0 Å². The van der Waals surface area contributed by atoms with Crippen molar-refractivity contribution < 1.29 is 26.0 Å². The van der Waals surface area contributed by atoms with Crippen molar-refractivity contribution in [3.05, 3.63) is 59.9 Å². The summed E-state index contributed by atoms with van der Waals surface area (Å²) in [5, 5.41) is 7.97. The fraction of sp³-hybridized carbons (Fsp3) is 0.350. The lowest BCUT2D eigenvalue weighted by molar-refractivity contribution is -0.126. The highest BCUT2D eigenvalue weighted by Gasteiger charge is 2.32. The molecule has 0 unspecified atom stereocenters. The maximum atomic E-state index is 13.1. The van der Waals surface area contributed by atoms with Crippen molar-refractivity contribution in [2.75, 3.05) is 13.1 Å². The molecule has 3 rings (SSSR count). The van der Waals surface area contributed by atoms with E-state index in [-0.39, 0.29) is 40.7 Å². The number of amides is 1. The monoisotopic (exact) mass is 469 g/mol. The molecule has 1 saturated heterocycles. The molecule has 0 radical (unpaired) electrons. The van der Waals surface area contributed by atoms with Crippen molar-refractivity contribution in [3.63, 3.8) is 0 Å². The van der Waals surface area contributed by atoms with Gasteiger partial charge in [-0.1, -0.05) is 12.1 Å². The quantitative estimate of drug-likeness (QED) is 0.666. The second kappa shape index (κ2) is 9.03. The van der Waals surface area contributed by atoms with Gasteiger partial charge in [-0.3, -0.25) is 4.79 Å². The van der Waals surface area contributed by atoms with Gasteiger partial charge >= 0.3 is 0 Å². The molecular formula is C20H24FN3O5S2. The first-order chi connectivity index (χ1) is 14.5. The first-order valence-corrected chi connectivity index (χ1v) is 12.7. The average Bonchev–Trinajstić information content (AvgIpc) is 2.73. The maximum absolute atomic E-state index is 13.1. The number of halogens is 1. The largest absolute Gasteiger partial charge is 0.349 e. The molecule has 0 aromatic heterocycles. The Morgan fingerprint density at radius 1 is 1.00 bits per heavy atom. The first kappa shape index (κ1) is 23.3. The Hall–Kier alpha value is -2.34. The summed E-state index contributed by atoms with van der Waals surface area (Å²) in [6.07, 6.45) is 0.729. The van der Waals surface area contributed by atoms with Gasteiger partial charge in [0.15, 0.2) is 0 Å². The molecule has 1 heterocycles. The van der Waals surface area contributed by atoms with Crippen molar-refractivity contribution in [2.24, 2.45) is 11.1 Å². The SMILES string of the molecule is C[C@@H](NC(=O)C1CCN(S(=O)(=O)c2ccc(F)cc2)CC1)c1ccc(S(N)(=O)=O)cc1. The summed E-state index contributed by atoms with van der Waals surface area (Å²) in [6, 6.07) is 10.2. The molecule has 0 aliphatic carbocycles. The summed E-state index contributed by atoms with van der Waals surface area (Å²) < 4.78 is 62.4. The third-order valence-electron chi connectivity index (χ3n) is 5.34. The number of piperidine rings is 1. The Labute approximate surface area is 181 Å². The molecule has 168 valence electrons. The van der Waals surface area contributed by atoms with Gasteiger partial charge in [0.05, 0.1) is 15.8 Å². The molecule has 0 bridgehead atoms. The Morgan fingerprint density at radius 2 is 1.52 bits per heavy atom. The topological polar surface area (TPSA) is 127 Å². The van der Waals surface area contributed by atoms with Crippen LogP contribution in [0.1, 0.15) is 31.4 Å². The second-order valence-corrected chi connectivity index (χ2v) is 11.0. The Balaban J connectivity index is 1.58. The molecule has 2 aromatic carbocycles. The average molecular weight is 470 g/mol. The molecule has 1 aliphatic heterocycles. The number of hydrogen-bond donors (Lipinski definition) is 2. The van der Waals surface area contributed by atoms with Crippen molar-refractivity contribution in [3.8, 4) is 0 Å². The molecule has 0 spiro atoms. The summed E-state index contributed by atoms with van der Waals surface area (Å²) in [4.78, 5) is 12.6. The summed E-state index contributed by atoms with van der Waals surface area (Å²) in [6.45, 7) is 2.16. The zero-order valence-electron chi connectivity index (χ0n) is 16.9. The van der Waals surface area contributed by atoms with Crippen LogP contribution < -0.4 is 10.5 Å². The highest BCUT2D eigenvalue weighted by atomic mass is 32.2. The van der Waals surface area contributed by atoms with Gasteiger partial charge in [0.1, 0.15) is 5.82 Å². The van der Waals surface area contributed by atoms with Gasteiger partial charge in [0, 0.05) is 19.0 Å². The van der Waals surface area contributed by atoms with Crippen LogP contribution in [0, 0.1) is 11.7 Å². The number of carbonyl (C=O) groups excluding carboxylic acids is 1. The molecule has 1 atom stereocenters. The Bertz CT molecular complexity index is 1140. The number of sulfonamides is 2. The van der Waals surface area contributed by atoms with Crippen molar-refractivity contribution >= 4 is 26.0 Å². The third-order valence-corrected chi connectivity index (χ3v) is 8.19. The fourth-order valence-electron chi connectivity index (χ4n) is 3.47. The number of nitrogens with zero attached hydrogens (tertiary/aromatic N) is 1. The minimum absolute atomic E-state index is 0.00971. The standard InChI is InChI=1S/C20H24FN3O5S2/c1-14(15-2-6-18(7-3-15)30(22,26)27)23-20(25)16-10-12-24(13-11-16)31(28,29)19-8-4-17(21)5-9-19/h2-9,14,16H,10-13H2,1H3,(H,23,25)(H2,22,26,27)/t14-/m1/s1. The van der Waals surface area contributed by atoms with Crippen LogP contribution in [0.2, 0.25) is 0 Å². The highest BCUT2D eigenvalue weighted by molar-refractivity contribution is 7.89. The predicted molar refractivity (Wildman–Crippen MR) is 112 cm³/mol. The molecule has 2 aromatic rings. The first-order valence-electron chi connectivity index (χ1n) is 9.67. The minimum atomic E-state index is -3.78. The van der Waals surface area contributed by atoms with Crippen LogP contribution in [-0.2, 0) is 24.8 Å². The molecular weight excluding hydrogens is 445 g/mol. The van der Waals surface area contributed by atoms with E-state index >= 15 is 0 Å². The lowest BCUT2D eigenvalue weighted by atomic mass is 9.96. The number of benzene rings is 2. The van der Waals surface area contributed by atoms with Crippen LogP contribution >= 0.6 is 0 Å². The molecule has 0 saturated carbocycles. The van der Waals surface area contributed by atoms with E-state index in [9.17, 15) is 26.0 Å². The van der Waals surface area contributed by atoms with Crippen molar-refractivity contribution in [2.45, 2.75) is 35.6 Å². The molecule has 1 aliphatic rings. The summed E-state index contributed by atoms with van der Waals surface area (Å²) in [5.41, 5.74) is 0.720. The summed E-state index contributed by atoms with van der Waals surface area (Å²) >= 11 is 0. The number of rotatable bonds is 6. The van der Waals surface area contributed by atoms with Gasteiger partial charge in [-0.05, 0) is 61.7 Å². The lowest BCUT2D eigenvalue weighted by Crippen LogP contribution is -2.43. The van der Waals surface area contributed by atoms with E-state index in [0.29, 0.717) is 12.8 Å². The third kappa shape index (κ3) is 5.48. The van der Waals surface area contributed by atoms with E-state index in [4.69, 9.17) is 5.14 Å². The molecule has 11 heteroatoms. The molecule has 8 nitrogen and oxygen atoms in total. The van der Waals surface area contributed by atoms with E-state index in [1.165, 1.54) is 28.6 Å². The maximum Gasteiger partial charge on any atom is 0.243 e. The van der Waals surface area contributed by atoms with Gasteiger partial charge in [-0.15, -0.1) is 0 Å². The molecule has 1 fully saturated rings. The number of nitrogens with one attached hydrogen (secondary N) is 1. The van der Waals surface area contributed by atoms with Gasteiger partial charge in [0.2, 0.25) is 26.0 Å². The Morgan fingerprint density at radius 3 is 2.03 bits per heavy atom. The van der Waals surface area contributed by atoms with Gasteiger partial charge in [0.25, 0.3) is 0 Å². The van der Waals surface area contributed by atoms with E-state index in [2.05, 4.69) is 5.32 Å². The van der Waals surface area contributed by atoms with Crippen LogP contribution in [-0.4, -0.2) is 40.1 Å². The van der Waals surface area contributed by atoms with E-state index in [1.54, 1.807) is 19.1 Å². The molecule has 1 amide bonds. The zero-order chi connectivity index (χ0) is 22.8. The second-order valence-electron chi connectivity index (χ2n) is 7.48. The zero-order valence-corrected chi connectivity index (χ0v) is 18.5. The summed E-state index contributed by atoms with van der Waals surface area (Å²) in [5.74, 6) is -1.05. The fourth-order valence-corrected chi connectivity index (χ4v) is 5.46. The van der Waals surface area contributed by atoms with Crippen molar-refractivity contribution in [1.29, 1.82) is 0 Å².